The van der Waals surface area contributed by atoms with Gasteiger partial charge >= 0.3 is 0 Å². The van der Waals surface area contributed by atoms with Gasteiger partial charge in [0.05, 0.1) is 22.7 Å². The van der Waals surface area contributed by atoms with Crippen LogP contribution in [0.1, 0.15) is 18.5 Å². The first-order chi connectivity index (χ1) is 11.6. The highest BCUT2D eigenvalue weighted by Crippen LogP contribution is 2.16. The number of carbonyl (C=O) groups excluding carboxylic acids is 1. The highest BCUT2D eigenvalue weighted by atomic mass is 32.2. The summed E-state index contributed by atoms with van der Waals surface area (Å²) < 4.78 is 0. The number of carbonyl (C=O) groups is 1. The molecule has 5 nitrogen and oxygen atoms in total. The Morgan fingerprint density at radius 2 is 1.88 bits per heavy atom. The van der Waals surface area contributed by atoms with Crippen LogP contribution in [0.15, 0.2) is 64.5 Å². The van der Waals surface area contributed by atoms with Gasteiger partial charge < -0.3 is 10.3 Å². The number of thioether (sulfide) groups is 1. The molecule has 122 valence electrons. The molecule has 2 aromatic carbocycles. The molecule has 0 bridgehead atoms. The van der Waals surface area contributed by atoms with Gasteiger partial charge in [-0.05, 0) is 24.6 Å². The van der Waals surface area contributed by atoms with E-state index in [2.05, 4.69) is 15.3 Å². The van der Waals surface area contributed by atoms with Crippen LogP contribution >= 0.6 is 11.8 Å². The van der Waals surface area contributed by atoms with Crippen LogP contribution in [-0.4, -0.2) is 21.6 Å². The molecule has 0 unspecified atom stereocenters. The Balaban J connectivity index is 1.63. The minimum atomic E-state index is -0.193. The smallest absolute Gasteiger partial charge is 0.259 e. The highest BCUT2D eigenvalue weighted by Gasteiger charge is 2.11. The number of H-pyrrole nitrogens is 1. The molecule has 0 radical (unpaired) electrons. The van der Waals surface area contributed by atoms with Gasteiger partial charge in [0.15, 0.2) is 5.16 Å². The van der Waals surface area contributed by atoms with Crippen molar-refractivity contribution in [3.05, 3.63) is 70.5 Å². The SMILES string of the molecule is C[C@@H](NC(=O)CSc1nc2ccccc2c(=O)[nH]1)c1ccccc1. The van der Waals surface area contributed by atoms with Gasteiger partial charge in [0.25, 0.3) is 5.56 Å². The number of hydrogen-bond acceptors (Lipinski definition) is 4. The maximum atomic E-state index is 12.1. The Morgan fingerprint density at radius 1 is 1.17 bits per heavy atom. The second kappa shape index (κ2) is 7.31. The first kappa shape index (κ1) is 16.3. The lowest BCUT2D eigenvalue weighted by Gasteiger charge is -2.13. The van der Waals surface area contributed by atoms with Crippen LogP contribution in [0.3, 0.4) is 0 Å². The predicted octanol–water partition coefficient (Wildman–Crippen LogP) is 2.89. The van der Waals surface area contributed by atoms with E-state index in [1.54, 1.807) is 18.2 Å². The van der Waals surface area contributed by atoms with E-state index < -0.39 is 0 Å². The summed E-state index contributed by atoms with van der Waals surface area (Å²) in [5, 5.41) is 3.93. The van der Waals surface area contributed by atoms with Crippen LogP contribution in [0.5, 0.6) is 0 Å². The zero-order chi connectivity index (χ0) is 16.9. The van der Waals surface area contributed by atoms with Crippen molar-refractivity contribution in [1.29, 1.82) is 0 Å². The van der Waals surface area contributed by atoms with E-state index in [4.69, 9.17) is 0 Å². The molecule has 1 amide bonds. The van der Waals surface area contributed by atoms with Crippen molar-refractivity contribution in [2.24, 2.45) is 0 Å². The van der Waals surface area contributed by atoms with Crippen molar-refractivity contribution in [2.75, 3.05) is 5.75 Å². The van der Waals surface area contributed by atoms with Crippen LogP contribution in [0.4, 0.5) is 0 Å². The number of fused-ring (bicyclic) bond motifs is 1. The second-order valence-electron chi connectivity index (χ2n) is 5.38. The van der Waals surface area contributed by atoms with E-state index in [1.807, 2.05) is 43.3 Å². The summed E-state index contributed by atoms with van der Waals surface area (Å²) in [6.45, 7) is 1.94. The summed E-state index contributed by atoms with van der Waals surface area (Å²) in [5.41, 5.74) is 1.48. The van der Waals surface area contributed by atoms with Gasteiger partial charge in [0.2, 0.25) is 5.91 Å². The first-order valence-corrected chi connectivity index (χ1v) is 8.58. The van der Waals surface area contributed by atoms with Crippen LogP contribution in [0, 0.1) is 0 Å². The van der Waals surface area contributed by atoms with Crippen molar-refractivity contribution in [3.8, 4) is 0 Å². The fourth-order valence-electron chi connectivity index (χ4n) is 2.38. The van der Waals surface area contributed by atoms with Crippen LogP contribution < -0.4 is 10.9 Å². The van der Waals surface area contributed by atoms with Gasteiger partial charge in [-0.2, -0.15) is 0 Å². The topological polar surface area (TPSA) is 74.8 Å². The molecule has 3 rings (SSSR count). The van der Waals surface area contributed by atoms with Gasteiger partial charge in [-0.3, -0.25) is 9.59 Å². The zero-order valence-corrected chi connectivity index (χ0v) is 14.0. The molecular formula is C18H17N3O2S. The lowest BCUT2D eigenvalue weighted by atomic mass is 10.1. The van der Waals surface area contributed by atoms with E-state index in [9.17, 15) is 9.59 Å². The maximum Gasteiger partial charge on any atom is 0.259 e. The number of nitrogens with one attached hydrogen (secondary N) is 2. The standard InChI is InChI=1S/C18H17N3O2S/c1-12(13-7-3-2-4-8-13)19-16(22)11-24-18-20-15-10-6-5-9-14(15)17(23)21-18/h2-10,12H,11H2,1H3,(H,19,22)(H,20,21,23)/t12-/m1/s1. The fourth-order valence-corrected chi connectivity index (χ4v) is 3.05. The summed E-state index contributed by atoms with van der Waals surface area (Å²) in [4.78, 5) is 31.2. The van der Waals surface area contributed by atoms with Gasteiger partial charge in [-0.1, -0.05) is 54.2 Å². The zero-order valence-electron chi connectivity index (χ0n) is 13.2. The molecule has 0 saturated heterocycles. The van der Waals surface area contributed by atoms with E-state index in [1.165, 1.54) is 11.8 Å². The van der Waals surface area contributed by atoms with Crippen molar-refractivity contribution < 1.29 is 4.79 Å². The largest absolute Gasteiger partial charge is 0.349 e. The Bertz CT molecular complexity index is 909. The molecule has 2 N–H and O–H groups in total. The van der Waals surface area contributed by atoms with Crippen molar-refractivity contribution in [2.45, 2.75) is 18.1 Å². The van der Waals surface area contributed by atoms with E-state index in [0.717, 1.165) is 5.56 Å². The summed E-state index contributed by atoms with van der Waals surface area (Å²) >= 11 is 1.22. The number of para-hydroxylation sites is 1. The summed E-state index contributed by atoms with van der Waals surface area (Å²) in [6, 6.07) is 16.8. The van der Waals surface area contributed by atoms with Crippen molar-refractivity contribution in [1.82, 2.24) is 15.3 Å². The van der Waals surface area contributed by atoms with E-state index in [0.29, 0.717) is 16.1 Å². The van der Waals surface area contributed by atoms with Gasteiger partial charge in [-0.15, -0.1) is 0 Å². The quantitative estimate of drug-likeness (QED) is 0.554. The Hall–Kier alpha value is -2.60. The lowest BCUT2D eigenvalue weighted by molar-refractivity contribution is -0.119. The first-order valence-electron chi connectivity index (χ1n) is 7.59. The number of hydrogen-bond donors (Lipinski definition) is 2. The normalized spacial score (nSPS) is 12.0. The monoisotopic (exact) mass is 339 g/mol. The highest BCUT2D eigenvalue weighted by molar-refractivity contribution is 7.99. The number of rotatable bonds is 5. The molecule has 1 aromatic heterocycles. The summed E-state index contributed by atoms with van der Waals surface area (Å²) in [5.74, 6) is 0.0884. The minimum Gasteiger partial charge on any atom is -0.349 e. The lowest BCUT2D eigenvalue weighted by Crippen LogP contribution is -2.28. The number of amides is 1. The average molecular weight is 339 g/mol. The molecule has 1 atom stereocenters. The van der Waals surface area contributed by atoms with E-state index in [-0.39, 0.29) is 23.3 Å². The van der Waals surface area contributed by atoms with Crippen LogP contribution in [0.2, 0.25) is 0 Å². The molecule has 0 spiro atoms. The average Bonchev–Trinajstić information content (AvgIpc) is 2.61. The van der Waals surface area contributed by atoms with Gasteiger partial charge in [-0.25, -0.2) is 4.98 Å². The molecule has 0 fully saturated rings. The fraction of sp³-hybridized carbons (Fsp3) is 0.167. The molecule has 3 aromatic rings. The second-order valence-corrected chi connectivity index (χ2v) is 6.34. The summed E-state index contributed by atoms with van der Waals surface area (Å²) in [6.07, 6.45) is 0. The molecule has 0 aliphatic rings. The molecular weight excluding hydrogens is 322 g/mol. The maximum absolute atomic E-state index is 12.1. The Labute approximate surface area is 143 Å². The van der Waals surface area contributed by atoms with Crippen molar-refractivity contribution >= 4 is 28.6 Å². The Morgan fingerprint density at radius 3 is 2.67 bits per heavy atom. The summed E-state index contributed by atoms with van der Waals surface area (Å²) in [7, 11) is 0. The predicted molar refractivity (Wildman–Crippen MR) is 96.1 cm³/mol. The molecule has 24 heavy (non-hydrogen) atoms. The minimum absolute atomic E-state index is 0.0667. The third-order valence-corrected chi connectivity index (χ3v) is 4.48. The Kier molecular flexibility index (Phi) is 4.96. The van der Waals surface area contributed by atoms with Gasteiger partial charge in [0.1, 0.15) is 0 Å². The number of aromatic nitrogens is 2. The number of benzene rings is 2. The molecule has 0 saturated carbocycles. The van der Waals surface area contributed by atoms with Crippen LogP contribution in [-0.2, 0) is 4.79 Å². The van der Waals surface area contributed by atoms with Gasteiger partial charge in [0, 0.05) is 0 Å². The van der Waals surface area contributed by atoms with Crippen LogP contribution in [0.25, 0.3) is 10.9 Å². The number of nitrogens with zero attached hydrogens (tertiary/aromatic N) is 1. The molecule has 6 heteroatoms. The molecule has 1 heterocycles. The third-order valence-electron chi connectivity index (χ3n) is 3.61. The number of aromatic amines is 1. The third kappa shape index (κ3) is 3.83. The molecule has 0 aliphatic heterocycles. The van der Waals surface area contributed by atoms with E-state index >= 15 is 0 Å². The molecule has 0 aliphatic carbocycles. The van der Waals surface area contributed by atoms with Crippen molar-refractivity contribution in [3.63, 3.8) is 0 Å².